The molecule has 1 aliphatic heterocycles. The highest BCUT2D eigenvalue weighted by Gasteiger charge is 2.30. The standard InChI is InChI=1S/C15H17F3N2OS/c1-2-11(13(21)20-14-19-7-8-22-14)9-10-3-5-12(6-4-10)15(16,17)18/h3-6,11H,2,7-9H2,1H3,(H,19,20,21)/t11-/m0/s1. The summed E-state index contributed by atoms with van der Waals surface area (Å²) < 4.78 is 37.6. The summed E-state index contributed by atoms with van der Waals surface area (Å²) >= 11 is 1.50. The summed E-state index contributed by atoms with van der Waals surface area (Å²) in [4.78, 5) is 16.3. The number of carbonyl (C=O) groups excluding carboxylic acids is 1. The lowest BCUT2D eigenvalue weighted by molar-refractivity contribution is -0.137. The number of carbonyl (C=O) groups is 1. The van der Waals surface area contributed by atoms with E-state index in [2.05, 4.69) is 10.3 Å². The van der Waals surface area contributed by atoms with Gasteiger partial charge in [-0.05, 0) is 30.5 Å². The van der Waals surface area contributed by atoms with E-state index >= 15 is 0 Å². The number of hydrogen-bond donors (Lipinski definition) is 1. The van der Waals surface area contributed by atoms with Gasteiger partial charge in [-0.3, -0.25) is 9.79 Å². The first-order valence-corrected chi connectivity index (χ1v) is 8.03. The largest absolute Gasteiger partial charge is 0.416 e. The predicted molar refractivity (Wildman–Crippen MR) is 81.8 cm³/mol. The number of hydrogen-bond acceptors (Lipinski definition) is 3. The summed E-state index contributed by atoms with van der Waals surface area (Å²) in [6.45, 7) is 2.59. The molecule has 22 heavy (non-hydrogen) atoms. The number of amides is 1. The first-order chi connectivity index (χ1) is 10.4. The maximum Gasteiger partial charge on any atom is 0.416 e. The van der Waals surface area contributed by atoms with Crippen molar-refractivity contribution in [2.45, 2.75) is 25.9 Å². The Kier molecular flexibility index (Phi) is 5.50. The van der Waals surface area contributed by atoms with Crippen molar-refractivity contribution in [2.24, 2.45) is 10.9 Å². The third kappa shape index (κ3) is 4.50. The van der Waals surface area contributed by atoms with Gasteiger partial charge in [0.2, 0.25) is 5.91 Å². The third-order valence-electron chi connectivity index (χ3n) is 3.44. The molecule has 0 fully saturated rings. The molecule has 1 aliphatic rings. The fraction of sp³-hybridized carbons (Fsp3) is 0.467. The van der Waals surface area contributed by atoms with Crippen molar-refractivity contribution in [1.82, 2.24) is 5.32 Å². The van der Waals surface area contributed by atoms with Gasteiger partial charge in [0.1, 0.15) is 0 Å². The topological polar surface area (TPSA) is 41.5 Å². The van der Waals surface area contributed by atoms with Crippen LogP contribution in [0.1, 0.15) is 24.5 Å². The van der Waals surface area contributed by atoms with Crippen LogP contribution in [0.3, 0.4) is 0 Å². The van der Waals surface area contributed by atoms with E-state index in [0.29, 0.717) is 24.6 Å². The summed E-state index contributed by atoms with van der Waals surface area (Å²) in [6, 6.07) is 4.97. The molecule has 3 nitrogen and oxygen atoms in total. The molecule has 1 aromatic rings. The summed E-state index contributed by atoms with van der Waals surface area (Å²) in [5.74, 6) is 0.460. The van der Waals surface area contributed by atoms with Crippen molar-refractivity contribution in [1.29, 1.82) is 0 Å². The van der Waals surface area contributed by atoms with Crippen molar-refractivity contribution in [3.8, 4) is 0 Å². The van der Waals surface area contributed by atoms with Gasteiger partial charge in [0.05, 0.1) is 12.1 Å². The molecule has 1 atom stereocenters. The zero-order chi connectivity index (χ0) is 16.2. The van der Waals surface area contributed by atoms with Crippen molar-refractivity contribution in [3.63, 3.8) is 0 Å². The second-order valence-electron chi connectivity index (χ2n) is 5.03. The highest BCUT2D eigenvalue weighted by molar-refractivity contribution is 8.14. The molecule has 1 N–H and O–H groups in total. The molecular formula is C15H17F3N2OS. The Hall–Kier alpha value is -1.50. The molecular weight excluding hydrogens is 313 g/mol. The quantitative estimate of drug-likeness (QED) is 0.918. The van der Waals surface area contributed by atoms with E-state index in [-0.39, 0.29) is 11.8 Å². The minimum absolute atomic E-state index is 0.129. The Morgan fingerprint density at radius 3 is 2.55 bits per heavy atom. The molecule has 1 amide bonds. The van der Waals surface area contributed by atoms with Gasteiger partial charge in [-0.15, -0.1) is 0 Å². The van der Waals surface area contributed by atoms with Gasteiger partial charge >= 0.3 is 6.18 Å². The number of halogens is 3. The van der Waals surface area contributed by atoms with Crippen LogP contribution >= 0.6 is 11.8 Å². The minimum atomic E-state index is -4.34. The molecule has 1 aromatic carbocycles. The maximum atomic E-state index is 12.5. The van der Waals surface area contributed by atoms with E-state index in [4.69, 9.17) is 0 Å². The molecule has 0 spiro atoms. The number of amidine groups is 1. The van der Waals surface area contributed by atoms with Gasteiger partial charge < -0.3 is 5.32 Å². The van der Waals surface area contributed by atoms with Gasteiger partial charge in [-0.1, -0.05) is 30.8 Å². The molecule has 0 saturated heterocycles. The molecule has 0 unspecified atom stereocenters. The predicted octanol–water partition coefficient (Wildman–Crippen LogP) is 3.49. The lowest BCUT2D eigenvalue weighted by Crippen LogP contribution is -2.34. The van der Waals surface area contributed by atoms with Gasteiger partial charge in [0.15, 0.2) is 5.17 Å². The van der Waals surface area contributed by atoms with E-state index in [1.54, 1.807) is 0 Å². The SMILES string of the molecule is CC[C@@H](Cc1ccc(C(F)(F)F)cc1)C(=O)NC1=NCCS1. The van der Waals surface area contributed by atoms with Crippen molar-refractivity contribution in [3.05, 3.63) is 35.4 Å². The molecule has 1 heterocycles. The zero-order valence-corrected chi connectivity index (χ0v) is 12.9. The molecule has 0 aromatic heterocycles. The summed E-state index contributed by atoms with van der Waals surface area (Å²) in [7, 11) is 0. The van der Waals surface area contributed by atoms with Crippen LogP contribution in [-0.2, 0) is 17.4 Å². The molecule has 7 heteroatoms. The molecule has 0 saturated carbocycles. The van der Waals surface area contributed by atoms with Gasteiger partial charge in [-0.2, -0.15) is 13.2 Å². The maximum absolute atomic E-state index is 12.5. The summed E-state index contributed by atoms with van der Waals surface area (Å²) in [5, 5.41) is 3.41. The van der Waals surface area contributed by atoms with E-state index in [0.717, 1.165) is 23.4 Å². The Balaban J connectivity index is 1.98. The number of alkyl halides is 3. The van der Waals surface area contributed by atoms with Crippen LogP contribution in [0.25, 0.3) is 0 Å². The highest BCUT2D eigenvalue weighted by Crippen LogP contribution is 2.29. The van der Waals surface area contributed by atoms with Gasteiger partial charge in [0.25, 0.3) is 0 Å². The number of thioether (sulfide) groups is 1. The van der Waals surface area contributed by atoms with E-state index in [9.17, 15) is 18.0 Å². The number of nitrogens with zero attached hydrogens (tertiary/aromatic N) is 1. The lowest BCUT2D eigenvalue weighted by Gasteiger charge is -2.15. The molecule has 120 valence electrons. The Morgan fingerprint density at radius 1 is 1.36 bits per heavy atom. The molecule has 2 rings (SSSR count). The van der Waals surface area contributed by atoms with Gasteiger partial charge in [-0.25, -0.2) is 0 Å². The van der Waals surface area contributed by atoms with Crippen LogP contribution in [0.4, 0.5) is 13.2 Å². The third-order valence-corrected chi connectivity index (χ3v) is 4.33. The minimum Gasteiger partial charge on any atom is -0.305 e. The number of aliphatic imine (C=N–C) groups is 1. The van der Waals surface area contributed by atoms with Crippen LogP contribution in [0, 0.1) is 5.92 Å². The number of nitrogens with one attached hydrogen (secondary N) is 1. The summed E-state index contributed by atoms with van der Waals surface area (Å²) in [6.07, 6.45) is -3.30. The monoisotopic (exact) mass is 330 g/mol. The van der Waals surface area contributed by atoms with Crippen LogP contribution in [0.2, 0.25) is 0 Å². The van der Waals surface area contributed by atoms with Crippen LogP contribution in [0.15, 0.2) is 29.3 Å². The van der Waals surface area contributed by atoms with Gasteiger partial charge in [0, 0.05) is 11.7 Å². The summed E-state index contributed by atoms with van der Waals surface area (Å²) in [5.41, 5.74) is 0.0430. The van der Waals surface area contributed by atoms with Crippen LogP contribution < -0.4 is 5.32 Å². The zero-order valence-electron chi connectivity index (χ0n) is 12.1. The number of rotatable bonds is 4. The Labute approximate surface area is 131 Å². The average Bonchev–Trinajstić information content (AvgIpc) is 2.97. The van der Waals surface area contributed by atoms with Crippen LogP contribution in [0.5, 0.6) is 0 Å². The molecule has 0 bridgehead atoms. The first-order valence-electron chi connectivity index (χ1n) is 7.04. The van der Waals surface area contributed by atoms with E-state index < -0.39 is 11.7 Å². The number of benzene rings is 1. The van der Waals surface area contributed by atoms with Crippen LogP contribution in [-0.4, -0.2) is 23.4 Å². The fourth-order valence-corrected chi connectivity index (χ4v) is 2.89. The van der Waals surface area contributed by atoms with Crippen molar-refractivity contribution in [2.75, 3.05) is 12.3 Å². The Bertz CT molecular complexity index is 555. The van der Waals surface area contributed by atoms with Crippen molar-refractivity contribution < 1.29 is 18.0 Å². The van der Waals surface area contributed by atoms with E-state index in [1.807, 2.05) is 6.92 Å². The first kappa shape index (κ1) is 16.9. The molecule has 0 aliphatic carbocycles. The average molecular weight is 330 g/mol. The normalized spacial score (nSPS) is 16.3. The van der Waals surface area contributed by atoms with E-state index in [1.165, 1.54) is 23.9 Å². The van der Waals surface area contributed by atoms with Crippen molar-refractivity contribution >= 4 is 22.8 Å². The fourth-order valence-electron chi connectivity index (χ4n) is 2.15. The Morgan fingerprint density at radius 2 is 2.05 bits per heavy atom. The second-order valence-corrected chi connectivity index (χ2v) is 6.11. The smallest absolute Gasteiger partial charge is 0.305 e. The second kappa shape index (κ2) is 7.17. The lowest BCUT2D eigenvalue weighted by atomic mass is 9.95. The molecule has 0 radical (unpaired) electrons. The highest BCUT2D eigenvalue weighted by atomic mass is 32.2.